The minimum Gasteiger partial charge on any atom is -0.508 e. The Morgan fingerprint density at radius 3 is 1.45 bits per heavy atom. The van der Waals surface area contributed by atoms with Crippen LogP contribution in [0.5, 0.6) is 17.2 Å². The normalized spacial score (nSPS) is 15.4. The summed E-state index contributed by atoms with van der Waals surface area (Å²) in [6.45, 7) is 3.25. The third kappa shape index (κ3) is 3.67. The van der Waals surface area contributed by atoms with E-state index in [2.05, 4.69) is 0 Å². The van der Waals surface area contributed by atoms with Crippen LogP contribution in [0.1, 0.15) is 36.1 Å². The lowest BCUT2D eigenvalue weighted by atomic mass is 9.72. The fourth-order valence-electron chi connectivity index (χ4n) is 3.66. The summed E-state index contributed by atoms with van der Waals surface area (Å²) in [7, 11) is 0. The van der Waals surface area contributed by atoms with Crippen molar-refractivity contribution < 1.29 is 25.5 Å². The largest absolute Gasteiger partial charge is 0.508 e. The molecule has 0 aliphatic rings. The van der Waals surface area contributed by atoms with Gasteiger partial charge < -0.3 is 25.5 Å². The van der Waals surface area contributed by atoms with Gasteiger partial charge in [-0.05, 0) is 60.9 Å². The van der Waals surface area contributed by atoms with Gasteiger partial charge in [0.1, 0.15) is 17.2 Å². The van der Waals surface area contributed by atoms with Crippen LogP contribution < -0.4 is 0 Å². The molecule has 0 aliphatic carbocycles. The highest BCUT2D eigenvalue weighted by atomic mass is 16.3. The molecule has 0 spiro atoms. The summed E-state index contributed by atoms with van der Waals surface area (Å²) in [6, 6.07) is 18.2. The molecule has 0 heterocycles. The molecule has 0 saturated carbocycles. The fraction of sp³-hybridized carbons (Fsp3) is 0.250. The highest BCUT2D eigenvalue weighted by molar-refractivity contribution is 5.52. The maximum absolute atomic E-state index is 10.6. The second-order valence-corrected chi connectivity index (χ2v) is 7.81. The van der Waals surface area contributed by atoms with E-state index in [0.717, 1.165) is 16.7 Å². The summed E-state index contributed by atoms with van der Waals surface area (Å²) in [6.07, 6.45) is 0. The molecule has 152 valence electrons. The second kappa shape index (κ2) is 7.78. The molecule has 0 amide bonds. The number of aliphatic hydroxyl groups excluding tert-OH is 2. The predicted molar refractivity (Wildman–Crippen MR) is 111 cm³/mol. The average molecular weight is 394 g/mol. The number of phenols is 3. The van der Waals surface area contributed by atoms with Gasteiger partial charge in [-0.25, -0.2) is 0 Å². The first-order chi connectivity index (χ1) is 13.7. The van der Waals surface area contributed by atoms with Crippen LogP contribution in [-0.2, 0) is 10.8 Å². The minimum absolute atomic E-state index is 0.0318. The van der Waals surface area contributed by atoms with Crippen LogP contribution in [0.4, 0.5) is 0 Å². The zero-order valence-corrected chi connectivity index (χ0v) is 16.5. The van der Waals surface area contributed by atoms with Gasteiger partial charge in [0.2, 0.25) is 0 Å². The molecule has 5 heteroatoms. The van der Waals surface area contributed by atoms with Gasteiger partial charge in [-0.3, -0.25) is 0 Å². The SMILES string of the molecule is CC(CO)(c1ccc(O)cc1)c1ccc(O)c(C(C)(CO)c2ccc(O)cc2)c1. The standard InChI is InChI=1S/C24H26O5/c1-23(14-25,16-3-8-19(27)9-4-16)18-7-12-22(29)21(13-18)24(2,15-26)17-5-10-20(28)11-6-17/h3-13,25-29H,14-15H2,1-2H3. The van der Waals surface area contributed by atoms with Crippen LogP contribution in [0.3, 0.4) is 0 Å². The number of aromatic hydroxyl groups is 3. The van der Waals surface area contributed by atoms with Gasteiger partial charge in [-0.15, -0.1) is 0 Å². The monoisotopic (exact) mass is 394 g/mol. The summed E-state index contributed by atoms with van der Waals surface area (Å²) in [5.74, 6) is 0.289. The third-order valence-corrected chi connectivity index (χ3v) is 5.87. The maximum atomic E-state index is 10.6. The number of hydrogen-bond acceptors (Lipinski definition) is 5. The molecule has 5 nitrogen and oxygen atoms in total. The molecule has 0 aliphatic heterocycles. The summed E-state index contributed by atoms with van der Waals surface area (Å²) >= 11 is 0. The van der Waals surface area contributed by atoms with Crippen LogP contribution in [0, 0.1) is 0 Å². The van der Waals surface area contributed by atoms with Gasteiger partial charge in [0.15, 0.2) is 0 Å². The van der Waals surface area contributed by atoms with Crippen LogP contribution in [0.2, 0.25) is 0 Å². The van der Waals surface area contributed by atoms with Gasteiger partial charge in [0.25, 0.3) is 0 Å². The molecule has 3 aromatic rings. The van der Waals surface area contributed by atoms with Gasteiger partial charge >= 0.3 is 0 Å². The van der Waals surface area contributed by atoms with Crippen LogP contribution in [0.15, 0.2) is 66.7 Å². The van der Waals surface area contributed by atoms with Crippen molar-refractivity contribution in [1.82, 2.24) is 0 Å². The molecule has 0 bridgehead atoms. The molecule has 2 atom stereocenters. The van der Waals surface area contributed by atoms with E-state index in [-0.39, 0.29) is 30.5 Å². The van der Waals surface area contributed by atoms with Crippen molar-refractivity contribution >= 4 is 0 Å². The van der Waals surface area contributed by atoms with Crippen molar-refractivity contribution in [2.24, 2.45) is 0 Å². The van der Waals surface area contributed by atoms with Crippen LogP contribution >= 0.6 is 0 Å². The molecule has 0 radical (unpaired) electrons. The first-order valence-corrected chi connectivity index (χ1v) is 9.39. The zero-order valence-electron chi connectivity index (χ0n) is 16.5. The molecular formula is C24H26O5. The number of phenolic OH excluding ortho intramolecular Hbond substituents is 3. The van der Waals surface area contributed by atoms with E-state index in [4.69, 9.17) is 0 Å². The van der Waals surface area contributed by atoms with Crippen LogP contribution in [0.25, 0.3) is 0 Å². The summed E-state index contributed by atoms with van der Waals surface area (Å²) in [4.78, 5) is 0. The van der Waals surface area contributed by atoms with Crippen molar-refractivity contribution in [2.75, 3.05) is 13.2 Å². The van der Waals surface area contributed by atoms with Gasteiger partial charge in [-0.1, -0.05) is 36.4 Å². The minimum atomic E-state index is -0.918. The van der Waals surface area contributed by atoms with Crippen molar-refractivity contribution in [1.29, 1.82) is 0 Å². The number of aliphatic hydroxyl groups is 2. The Bertz CT molecular complexity index is 981. The van der Waals surface area contributed by atoms with E-state index in [0.29, 0.717) is 5.56 Å². The quantitative estimate of drug-likeness (QED) is 0.441. The first-order valence-electron chi connectivity index (χ1n) is 9.39. The molecule has 3 rings (SSSR count). The van der Waals surface area contributed by atoms with Crippen molar-refractivity contribution in [2.45, 2.75) is 24.7 Å². The Balaban J connectivity index is 2.16. The average Bonchev–Trinajstić information content (AvgIpc) is 2.74. The van der Waals surface area contributed by atoms with Gasteiger partial charge in [-0.2, -0.15) is 0 Å². The Labute approximate surface area is 170 Å². The predicted octanol–water partition coefficient (Wildman–Crippen LogP) is 3.40. The highest BCUT2D eigenvalue weighted by Crippen LogP contribution is 2.41. The Hall–Kier alpha value is -3.02. The zero-order chi connectivity index (χ0) is 21.2. The summed E-state index contributed by atoms with van der Waals surface area (Å²) in [5, 5.41) is 50.2. The van der Waals surface area contributed by atoms with Gasteiger partial charge in [0, 0.05) is 16.4 Å². The topological polar surface area (TPSA) is 101 Å². The summed E-state index contributed by atoms with van der Waals surface area (Å²) < 4.78 is 0. The molecule has 3 aromatic carbocycles. The maximum Gasteiger partial charge on any atom is 0.119 e. The lowest BCUT2D eigenvalue weighted by molar-refractivity contribution is 0.225. The van der Waals surface area contributed by atoms with E-state index in [9.17, 15) is 25.5 Å². The van der Waals surface area contributed by atoms with E-state index < -0.39 is 10.8 Å². The van der Waals surface area contributed by atoms with E-state index >= 15 is 0 Å². The Morgan fingerprint density at radius 1 is 0.586 bits per heavy atom. The molecular weight excluding hydrogens is 368 g/mol. The lowest BCUT2D eigenvalue weighted by Crippen LogP contribution is -2.31. The van der Waals surface area contributed by atoms with E-state index in [1.165, 1.54) is 0 Å². The first kappa shape index (κ1) is 20.7. The van der Waals surface area contributed by atoms with E-state index in [1.807, 2.05) is 13.8 Å². The molecule has 29 heavy (non-hydrogen) atoms. The molecule has 0 saturated heterocycles. The Kier molecular flexibility index (Phi) is 5.55. The summed E-state index contributed by atoms with van der Waals surface area (Å²) in [5.41, 5.74) is 1.13. The smallest absolute Gasteiger partial charge is 0.119 e. The number of hydrogen-bond donors (Lipinski definition) is 5. The van der Waals surface area contributed by atoms with Crippen molar-refractivity contribution in [3.05, 3.63) is 89.0 Å². The van der Waals surface area contributed by atoms with Crippen LogP contribution in [-0.4, -0.2) is 38.7 Å². The lowest BCUT2D eigenvalue weighted by Gasteiger charge is -2.33. The number of benzene rings is 3. The fourth-order valence-corrected chi connectivity index (χ4v) is 3.66. The molecule has 5 N–H and O–H groups in total. The molecule has 2 unspecified atom stereocenters. The second-order valence-electron chi connectivity index (χ2n) is 7.81. The van der Waals surface area contributed by atoms with Crippen molar-refractivity contribution in [3.8, 4) is 17.2 Å². The third-order valence-electron chi connectivity index (χ3n) is 5.87. The van der Waals surface area contributed by atoms with E-state index in [1.54, 1.807) is 66.7 Å². The Morgan fingerprint density at radius 2 is 1.00 bits per heavy atom. The van der Waals surface area contributed by atoms with Crippen molar-refractivity contribution in [3.63, 3.8) is 0 Å². The number of rotatable bonds is 6. The highest BCUT2D eigenvalue weighted by Gasteiger charge is 2.34. The van der Waals surface area contributed by atoms with Gasteiger partial charge in [0.05, 0.1) is 13.2 Å². The molecule has 0 aromatic heterocycles. The molecule has 0 fully saturated rings.